The molecule has 1 aromatic carbocycles. The van der Waals surface area contributed by atoms with Gasteiger partial charge in [0.25, 0.3) is 0 Å². The smallest absolute Gasteiger partial charge is 0.303 e. The summed E-state index contributed by atoms with van der Waals surface area (Å²) in [7, 11) is 0. The largest absolute Gasteiger partial charge is 0.481 e. The Morgan fingerprint density at radius 1 is 0.900 bits per heavy atom. The molecule has 3 nitrogen and oxygen atoms in total. The van der Waals surface area contributed by atoms with Gasteiger partial charge in [-0.15, -0.1) is 0 Å². The summed E-state index contributed by atoms with van der Waals surface area (Å²) in [4.78, 5) is 22.3. The molecule has 6 heteroatoms. The Kier molecular flexibility index (Phi) is 7.35. The number of halogens is 3. The van der Waals surface area contributed by atoms with Gasteiger partial charge in [-0.05, 0) is 25.0 Å². The van der Waals surface area contributed by atoms with Crippen molar-refractivity contribution in [2.75, 3.05) is 0 Å². The molecule has 0 radical (unpaired) electrons. The van der Waals surface area contributed by atoms with E-state index < -0.39 is 5.97 Å². The van der Waals surface area contributed by atoms with E-state index in [1.54, 1.807) is 0 Å². The number of carboxylic acids is 1. The second kappa shape index (κ2) is 8.50. The van der Waals surface area contributed by atoms with Crippen molar-refractivity contribution in [3.8, 4) is 0 Å². The highest BCUT2D eigenvalue weighted by molar-refractivity contribution is 6.48. The van der Waals surface area contributed by atoms with Crippen molar-refractivity contribution in [3.63, 3.8) is 0 Å². The Balaban J connectivity index is 2.38. The molecule has 1 rings (SSSR count). The first-order chi connectivity index (χ1) is 9.41. The zero-order chi connectivity index (χ0) is 15.1. The fourth-order valence-corrected chi connectivity index (χ4v) is 2.37. The fourth-order valence-electron chi connectivity index (χ4n) is 1.78. The fraction of sp³-hybridized carbons (Fsp3) is 0.429. The summed E-state index contributed by atoms with van der Waals surface area (Å²) >= 11 is 17.6. The molecular weight excluding hydrogens is 323 g/mol. The SMILES string of the molecule is O=C(O)CCCCCCC(=O)c1cc(Cl)c(Cl)c(Cl)c1. The normalized spacial score (nSPS) is 10.6. The lowest BCUT2D eigenvalue weighted by Crippen LogP contribution is -1.99. The van der Waals surface area contributed by atoms with Crippen LogP contribution >= 0.6 is 34.8 Å². The minimum Gasteiger partial charge on any atom is -0.481 e. The van der Waals surface area contributed by atoms with Crippen LogP contribution in [-0.2, 0) is 4.79 Å². The monoisotopic (exact) mass is 336 g/mol. The van der Waals surface area contributed by atoms with E-state index in [-0.39, 0.29) is 27.3 Å². The zero-order valence-electron chi connectivity index (χ0n) is 10.8. The van der Waals surface area contributed by atoms with Crippen LogP contribution in [0.4, 0.5) is 0 Å². The summed E-state index contributed by atoms with van der Waals surface area (Å²) in [6.07, 6.45) is 3.56. The first-order valence-corrected chi connectivity index (χ1v) is 7.44. The molecule has 0 aliphatic carbocycles. The third-order valence-electron chi connectivity index (χ3n) is 2.85. The predicted octanol–water partition coefficient (Wildman–Crippen LogP) is 5.25. The maximum Gasteiger partial charge on any atom is 0.303 e. The van der Waals surface area contributed by atoms with Crippen molar-refractivity contribution in [1.82, 2.24) is 0 Å². The van der Waals surface area contributed by atoms with Gasteiger partial charge in [0.2, 0.25) is 0 Å². The number of Topliss-reactive ketones (excluding diaryl/α,β-unsaturated/α-hetero) is 1. The maximum absolute atomic E-state index is 11.9. The highest BCUT2D eigenvalue weighted by Gasteiger charge is 2.11. The van der Waals surface area contributed by atoms with Crippen molar-refractivity contribution in [2.24, 2.45) is 0 Å². The molecule has 0 aromatic heterocycles. The molecule has 0 atom stereocenters. The molecule has 0 unspecified atom stereocenters. The molecule has 0 fully saturated rings. The number of carbonyl (C=O) groups excluding carboxylic acids is 1. The lowest BCUT2D eigenvalue weighted by Gasteiger charge is -2.05. The van der Waals surface area contributed by atoms with Crippen LogP contribution in [0.15, 0.2) is 12.1 Å². The van der Waals surface area contributed by atoms with Gasteiger partial charge >= 0.3 is 5.97 Å². The highest BCUT2D eigenvalue weighted by Crippen LogP contribution is 2.31. The van der Waals surface area contributed by atoms with Crippen LogP contribution in [0.5, 0.6) is 0 Å². The van der Waals surface area contributed by atoms with Gasteiger partial charge in [-0.3, -0.25) is 9.59 Å². The second-order valence-corrected chi connectivity index (χ2v) is 5.68. The van der Waals surface area contributed by atoms with Gasteiger partial charge in [0.1, 0.15) is 0 Å². The Labute approximate surface area is 132 Å². The van der Waals surface area contributed by atoms with Crippen molar-refractivity contribution >= 4 is 46.6 Å². The minimum absolute atomic E-state index is 0.0382. The number of benzene rings is 1. The Bertz CT molecular complexity index is 477. The van der Waals surface area contributed by atoms with E-state index in [1.807, 2.05) is 0 Å². The number of aliphatic carboxylic acids is 1. The first-order valence-electron chi connectivity index (χ1n) is 6.31. The lowest BCUT2D eigenvalue weighted by atomic mass is 10.0. The summed E-state index contributed by atoms with van der Waals surface area (Å²) in [5, 5.41) is 9.28. The number of rotatable bonds is 8. The number of carboxylic acid groups (broad SMARTS) is 1. The van der Waals surface area contributed by atoms with E-state index in [4.69, 9.17) is 39.9 Å². The first kappa shape index (κ1) is 17.3. The quantitative estimate of drug-likeness (QED) is 0.400. The molecule has 0 aliphatic rings. The van der Waals surface area contributed by atoms with Gasteiger partial charge in [0.15, 0.2) is 5.78 Å². The van der Waals surface area contributed by atoms with Crippen molar-refractivity contribution < 1.29 is 14.7 Å². The van der Waals surface area contributed by atoms with Crippen LogP contribution in [0.1, 0.15) is 48.9 Å². The van der Waals surface area contributed by atoms with Gasteiger partial charge in [-0.1, -0.05) is 47.6 Å². The number of hydrogen-bond acceptors (Lipinski definition) is 2. The lowest BCUT2D eigenvalue weighted by molar-refractivity contribution is -0.137. The molecule has 0 saturated heterocycles. The number of hydrogen-bond donors (Lipinski definition) is 1. The maximum atomic E-state index is 11.9. The van der Waals surface area contributed by atoms with Crippen LogP contribution < -0.4 is 0 Å². The summed E-state index contributed by atoms with van der Waals surface area (Å²) in [6, 6.07) is 3.03. The minimum atomic E-state index is -0.786. The Morgan fingerprint density at radius 2 is 1.40 bits per heavy atom. The number of carbonyl (C=O) groups is 2. The van der Waals surface area contributed by atoms with Crippen LogP contribution in [0.3, 0.4) is 0 Å². The standard InChI is InChI=1S/C14H15Cl3O3/c15-10-7-9(8-11(16)14(10)17)12(18)5-3-1-2-4-6-13(19)20/h7-8H,1-6H2,(H,19,20). The topological polar surface area (TPSA) is 54.4 Å². The highest BCUT2D eigenvalue weighted by atomic mass is 35.5. The number of ketones is 1. The molecule has 0 saturated carbocycles. The second-order valence-electron chi connectivity index (χ2n) is 4.49. The van der Waals surface area contributed by atoms with Crippen LogP contribution in [0, 0.1) is 0 Å². The number of unbranched alkanes of at least 4 members (excludes halogenated alkanes) is 3. The molecule has 0 bridgehead atoms. The van der Waals surface area contributed by atoms with Crippen LogP contribution in [-0.4, -0.2) is 16.9 Å². The molecule has 20 heavy (non-hydrogen) atoms. The van der Waals surface area contributed by atoms with E-state index in [2.05, 4.69) is 0 Å². The van der Waals surface area contributed by atoms with E-state index in [0.717, 1.165) is 19.3 Å². The molecule has 1 aromatic rings. The van der Waals surface area contributed by atoms with E-state index in [0.29, 0.717) is 18.4 Å². The summed E-state index contributed by atoms with van der Waals surface area (Å²) in [5.41, 5.74) is 0.454. The third kappa shape index (κ3) is 5.70. The molecular formula is C14H15Cl3O3. The molecule has 110 valence electrons. The Morgan fingerprint density at radius 3 is 1.90 bits per heavy atom. The predicted molar refractivity (Wildman–Crippen MR) is 81.1 cm³/mol. The van der Waals surface area contributed by atoms with Crippen LogP contribution in [0.2, 0.25) is 15.1 Å². The molecule has 0 amide bonds. The van der Waals surface area contributed by atoms with E-state index in [9.17, 15) is 9.59 Å². The molecule has 0 aliphatic heterocycles. The van der Waals surface area contributed by atoms with Gasteiger partial charge in [0.05, 0.1) is 15.1 Å². The third-order valence-corrected chi connectivity index (χ3v) is 4.05. The molecule has 0 spiro atoms. The van der Waals surface area contributed by atoms with E-state index >= 15 is 0 Å². The summed E-state index contributed by atoms with van der Waals surface area (Å²) in [5.74, 6) is -0.824. The average Bonchev–Trinajstić information content (AvgIpc) is 2.38. The van der Waals surface area contributed by atoms with Gasteiger partial charge in [0, 0.05) is 18.4 Å². The van der Waals surface area contributed by atoms with Crippen molar-refractivity contribution in [2.45, 2.75) is 38.5 Å². The van der Waals surface area contributed by atoms with Gasteiger partial charge in [-0.2, -0.15) is 0 Å². The molecule has 0 heterocycles. The van der Waals surface area contributed by atoms with Crippen molar-refractivity contribution in [3.05, 3.63) is 32.8 Å². The zero-order valence-corrected chi connectivity index (χ0v) is 13.1. The Hall–Kier alpha value is -0.770. The van der Waals surface area contributed by atoms with Crippen molar-refractivity contribution in [1.29, 1.82) is 0 Å². The summed E-state index contributed by atoms with van der Waals surface area (Å²) in [6.45, 7) is 0. The average molecular weight is 338 g/mol. The van der Waals surface area contributed by atoms with Crippen LogP contribution in [0.25, 0.3) is 0 Å². The van der Waals surface area contributed by atoms with Gasteiger partial charge in [-0.25, -0.2) is 0 Å². The molecule has 1 N–H and O–H groups in total. The van der Waals surface area contributed by atoms with E-state index in [1.165, 1.54) is 12.1 Å². The van der Waals surface area contributed by atoms with Gasteiger partial charge < -0.3 is 5.11 Å². The summed E-state index contributed by atoms with van der Waals surface area (Å²) < 4.78 is 0.